The van der Waals surface area contributed by atoms with Crippen molar-refractivity contribution in [3.63, 3.8) is 0 Å². The summed E-state index contributed by atoms with van der Waals surface area (Å²) in [5, 5.41) is 6.89. The summed E-state index contributed by atoms with van der Waals surface area (Å²) >= 11 is 5.77. The van der Waals surface area contributed by atoms with Crippen molar-refractivity contribution in [2.75, 3.05) is 19.8 Å². The first-order chi connectivity index (χ1) is 13.9. The maximum Gasteiger partial charge on any atom is 0.259 e. The Hall–Kier alpha value is -3.06. The van der Waals surface area contributed by atoms with E-state index in [0.29, 0.717) is 23.3 Å². The number of ether oxygens (including phenoxy) is 2. The van der Waals surface area contributed by atoms with Crippen LogP contribution in [0, 0.1) is 5.92 Å². The summed E-state index contributed by atoms with van der Waals surface area (Å²) in [5.74, 6) is 0.882. The lowest BCUT2D eigenvalue weighted by Crippen LogP contribution is -2.37. The number of hydrogen-bond acceptors (Lipinski definition) is 5. The molecular formula is C21H24ClN3O4. The first-order valence-corrected chi connectivity index (χ1v) is 9.50. The monoisotopic (exact) mass is 417 g/mol. The van der Waals surface area contributed by atoms with Gasteiger partial charge in [0, 0.05) is 5.02 Å². The molecule has 0 fully saturated rings. The molecule has 154 valence electrons. The molecule has 0 spiro atoms. The minimum absolute atomic E-state index is 0.205. The van der Waals surface area contributed by atoms with Crippen LogP contribution in [0.25, 0.3) is 0 Å². The summed E-state index contributed by atoms with van der Waals surface area (Å²) in [6.45, 7) is 4.41. The maximum atomic E-state index is 11.7. The van der Waals surface area contributed by atoms with Gasteiger partial charge in [0.25, 0.3) is 11.8 Å². The highest BCUT2D eigenvalue weighted by molar-refractivity contribution is 6.30. The molecule has 0 bridgehead atoms. The molecule has 7 nitrogen and oxygen atoms in total. The zero-order chi connectivity index (χ0) is 21.1. The smallest absolute Gasteiger partial charge is 0.259 e. The van der Waals surface area contributed by atoms with Gasteiger partial charge in [0.1, 0.15) is 11.5 Å². The van der Waals surface area contributed by atoms with Crippen molar-refractivity contribution in [3.8, 4) is 11.5 Å². The predicted octanol–water partition coefficient (Wildman–Crippen LogP) is 3.02. The largest absolute Gasteiger partial charge is 0.493 e. The minimum atomic E-state index is -0.446. The number of nitrogens with zero attached hydrogens (tertiary/aromatic N) is 1. The fraction of sp³-hybridized carbons (Fsp3) is 0.286. The second kappa shape index (κ2) is 11.7. The molecule has 0 aliphatic rings. The number of rotatable bonds is 10. The van der Waals surface area contributed by atoms with Crippen LogP contribution < -0.4 is 20.2 Å². The predicted molar refractivity (Wildman–Crippen MR) is 112 cm³/mol. The third-order valence-electron chi connectivity index (χ3n) is 3.50. The van der Waals surface area contributed by atoms with Crippen molar-refractivity contribution in [2.45, 2.75) is 13.8 Å². The molecule has 0 heterocycles. The number of carbonyl (C=O) groups is 2. The number of amides is 2. The molecule has 2 aromatic carbocycles. The number of benzene rings is 2. The second-order valence-electron chi connectivity index (χ2n) is 6.59. The zero-order valence-electron chi connectivity index (χ0n) is 16.4. The summed E-state index contributed by atoms with van der Waals surface area (Å²) in [6, 6.07) is 14.0. The Morgan fingerprint density at radius 2 is 1.62 bits per heavy atom. The average Bonchev–Trinajstić information content (AvgIpc) is 2.71. The van der Waals surface area contributed by atoms with Crippen LogP contribution in [0.4, 0.5) is 0 Å². The molecule has 0 saturated carbocycles. The molecule has 0 atom stereocenters. The van der Waals surface area contributed by atoms with E-state index in [1.807, 2.05) is 24.3 Å². The van der Waals surface area contributed by atoms with E-state index in [-0.39, 0.29) is 13.2 Å². The van der Waals surface area contributed by atoms with Gasteiger partial charge in [-0.2, -0.15) is 5.10 Å². The van der Waals surface area contributed by atoms with Crippen LogP contribution in [0.1, 0.15) is 19.4 Å². The molecule has 2 amide bonds. The highest BCUT2D eigenvalue weighted by atomic mass is 35.5. The number of carbonyl (C=O) groups excluding carboxylic acids is 2. The van der Waals surface area contributed by atoms with Gasteiger partial charge in [-0.05, 0) is 60.0 Å². The maximum absolute atomic E-state index is 11.7. The number of hydrogen-bond donors (Lipinski definition) is 2. The molecular weight excluding hydrogens is 394 g/mol. The van der Waals surface area contributed by atoms with Crippen LogP contribution in [-0.2, 0) is 9.59 Å². The highest BCUT2D eigenvalue weighted by Gasteiger charge is 2.06. The van der Waals surface area contributed by atoms with Crippen molar-refractivity contribution < 1.29 is 19.1 Å². The van der Waals surface area contributed by atoms with Gasteiger partial charge in [-0.15, -0.1) is 0 Å². The molecule has 29 heavy (non-hydrogen) atoms. The first kappa shape index (κ1) is 22.2. The van der Waals surface area contributed by atoms with Crippen molar-refractivity contribution in [1.82, 2.24) is 10.7 Å². The quantitative estimate of drug-likeness (QED) is 0.459. The van der Waals surface area contributed by atoms with Gasteiger partial charge in [-0.1, -0.05) is 25.4 Å². The summed E-state index contributed by atoms with van der Waals surface area (Å²) in [4.78, 5) is 23.5. The van der Waals surface area contributed by atoms with E-state index in [1.54, 1.807) is 24.3 Å². The average molecular weight is 418 g/mol. The van der Waals surface area contributed by atoms with Gasteiger partial charge in [-0.25, -0.2) is 5.43 Å². The standard InChI is InChI=1S/C21H24ClN3O4/c1-15(2)13-28-18-7-3-16(4-8-18)11-24-25-20(26)12-23-21(27)14-29-19-9-5-17(22)6-10-19/h3-11,15H,12-14H2,1-2H3,(H,23,27)(H,25,26)/b24-11-. The molecule has 2 rings (SSSR count). The molecule has 0 radical (unpaired) electrons. The summed E-state index contributed by atoms with van der Waals surface area (Å²) in [5.41, 5.74) is 3.16. The van der Waals surface area contributed by atoms with E-state index in [2.05, 4.69) is 29.7 Å². The van der Waals surface area contributed by atoms with Crippen molar-refractivity contribution >= 4 is 29.6 Å². The summed E-state index contributed by atoms with van der Waals surface area (Å²) < 4.78 is 10.9. The van der Waals surface area contributed by atoms with Crippen LogP contribution in [0.15, 0.2) is 53.6 Å². The van der Waals surface area contributed by atoms with Gasteiger partial charge < -0.3 is 14.8 Å². The van der Waals surface area contributed by atoms with E-state index < -0.39 is 11.8 Å². The van der Waals surface area contributed by atoms with Crippen LogP contribution in [0.5, 0.6) is 11.5 Å². The van der Waals surface area contributed by atoms with Crippen molar-refractivity contribution in [3.05, 3.63) is 59.1 Å². The second-order valence-corrected chi connectivity index (χ2v) is 7.02. The number of nitrogens with one attached hydrogen (secondary N) is 2. The molecule has 0 aliphatic carbocycles. The molecule has 2 N–H and O–H groups in total. The summed E-state index contributed by atoms with van der Waals surface area (Å²) in [7, 11) is 0. The third-order valence-corrected chi connectivity index (χ3v) is 3.75. The van der Waals surface area contributed by atoms with Crippen molar-refractivity contribution in [2.24, 2.45) is 11.0 Å². The minimum Gasteiger partial charge on any atom is -0.493 e. The van der Waals surface area contributed by atoms with Gasteiger partial charge in [0.15, 0.2) is 6.61 Å². The van der Waals surface area contributed by atoms with E-state index >= 15 is 0 Å². The molecule has 2 aromatic rings. The molecule has 0 aromatic heterocycles. The van der Waals surface area contributed by atoms with E-state index in [4.69, 9.17) is 21.1 Å². The highest BCUT2D eigenvalue weighted by Crippen LogP contribution is 2.15. The van der Waals surface area contributed by atoms with Gasteiger partial charge in [-0.3, -0.25) is 9.59 Å². The Balaban J connectivity index is 1.65. The van der Waals surface area contributed by atoms with E-state index in [9.17, 15) is 9.59 Å². The third kappa shape index (κ3) is 9.12. The topological polar surface area (TPSA) is 89.0 Å². The Kier molecular flexibility index (Phi) is 8.98. The molecule has 0 aliphatic heterocycles. The Labute approximate surface area is 175 Å². The normalized spacial score (nSPS) is 10.8. The zero-order valence-corrected chi connectivity index (χ0v) is 17.1. The van der Waals surface area contributed by atoms with Crippen molar-refractivity contribution in [1.29, 1.82) is 0 Å². The van der Waals surface area contributed by atoms with E-state index in [0.717, 1.165) is 11.3 Å². The molecule has 0 saturated heterocycles. The lowest BCUT2D eigenvalue weighted by atomic mass is 10.2. The van der Waals surface area contributed by atoms with E-state index in [1.165, 1.54) is 6.21 Å². The Bertz CT molecular complexity index is 821. The van der Waals surface area contributed by atoms with Crippen LogP contribution >= 0.6 is 11.6 Å². The first-order valence-electron chi connectivity index (χ1n) is 9.12. The number of hydrazone groups is 1. The lowest BCUT2D eigenvalue weighted by molar-refractivity contribution is -0.127. The van der Waals surface area contributed by atoms with Crippen LogP contribution in [-0.4, -0.2) is 37.8 Å². The summed E-state index contributed by atoms with van der Waals surface area (Å²) in [6.07, 6.45) is 1.51. The SMILES string of the molecule is CC(C)COc1ccc(/C=N\NC(=O)CNC(=O)COc2ccc(Cl)cc2)cc1. The van der Waals surface area contributed by atoms with Gasteiger partial charge >= 0.3 is 0 Å². The van der Waals surface area contributed by atoms with Crippen LogP contribution in [0.2, 0.25) is 5.02 Å². The fourth-order valence-electron chi connectivity index (χ4n) is 2.04. The molecule has 0 unspecified atom stereocenters. The fourth-order valence-corrected chi connectivity index (χ4v) is 2.17. The Morgan fingerprint density at radius 1 is 1.00 bits per heavy atom. The number of halogens is 1. The van der Waals surface area contributed by atoms with Gasteiger partial charge in [0.2, 0.25) is 0 Å². The Morgan fingerprint density at radius 3 is 2.28 bits per heavy atom. The molecule has 8 heteroatoms. The van der Waals surface area contributed by atoms with Crippen LogP contribution in [0.3, 0.4) is 0 Å². The lowest BCUT2D eigenvalue weighted by Gasteiger charge is -2.08. The van der Waals surface area contributed by atoms with Gasteiger partial charge in [0.05, 0.1) is 19.4 Å².